The third kappa shape index (κ3) is 1.67. The van der Waals surface area contributed by atoms with Crippen molar-refractivity contribution in [3.05, 3.63) is 46.5 Å². The summed E-state index contributed by atoms with van der Waals surface area (Å²) in [4.78, 5) is 37.9. The number of hydrogen-bond acceptors (Lipinski definition) is 3. The smallest absolute Gasteiger partial charge is 0.270 e. The van der Waals surface area contributed by atoms with Gasteiger partial charge in [-0.3, -0.25) is 19.8 Å². The summed E-state index contributed by atoms with van der Waals surface area (Å²) in [5.41, 5.74) is 3.09. The summed E-state index contributed by atoms with van der Waals surface area (Å²) in [6.45, 7) is 0. The molecule has 1 saturated heterocycles. The number of nitrogens with one attached hydrogen (secondary N) is 1. The Hall–Kier alpha value is -1.95. The Morgan fingerprint density at radius 3 is 2.08 bits per heavy atom. The van der Waals surface area contributed by atoms with Gasteiger partial charge in [-0.15, -0.1) is 0 Å². The van der Waals surface area contributed by atoms with E-state index >= 15 is 0 Å². The molecule has 0 aromatic heterocycles. The standard InChI is InChI=1S/C18H15BrN2O3/c19-10-3-1-9(2-4-10)15(22)20-21-16(23)13-11-5-6-12(14(13)17(21)24)18(11)7-8-18/h1-6,11-14H,7-8H2,(H,20,22)/t11-,12+,13-,14-/m0/s1. The number of rotatable bonds is 2. The number of benzene rings is 1. The van der Waals surface area contributed by atoms with Gasteiger partial charge in [-0.05, 0) is 54.4 Å². The highest BCUT2D eigenvalue weighted by molar-refractivity contribution is 9.10. The molecule has 3 amide bonds. The lowest BCUT2D eigenvalue weighted by molar-refractivity contribution is -0.144. The number of amides is 3. The molecule has 0 radical (unpaired) electrons. The van der Waals surface area contributed by atoms with Crippen molar-refractivity contribution in [1.82, 2.24) is 10.4 Å². The summed E-state index contributed by atoms with van der Waals surface area (Å²) in [7, 11) is 0. The SMILES string of the molecule is O=C(NN1C(=O)[C@@H]2[C@@H](C1=O)[C@@H]1C=C[C@H]2C12CC2)c1ccc(Br)cc1. The summed E-state index contributed by atoms with van der Waals surface area (Å²) in [6.07, 6.45) is 6.44. The van der Waals surface area contributed by atoms with Gasteiger partial charge in [0.1, 0.15) is 0 Å². The van der Waals surface area contributed by atoms with E-state index in [1.54, 1.807) is 24.3 Å². The second-order valence-corrected chi connectivity index (χ2v) is 8.10. The maximum Gasteiger partial charge on any atom is 0.270 e. The number of carbonyl (C=O) groups is 3. The average molecular weight is 387 g/mol. The first-order valence-corrected chi connectivity index (χ1v) is 8.95. The summed E-state index contributed by atoms with van der Waals surface area (Å²) >= 11 is 3.31. The Labute approximate surface area is 147 Å². The molecule has 1 aromatic carbocycles. The number of hydrazine groups is 1. The van der Waals surface area contributed by atoms with Crippen LogP contribution in [0.4, 0.5) is 0 Å². The van der Waals surface area contributed by atoms with Crippen molar-refractivity contribution in [3.8, 4) is 0 Å². The summed E-state index contributed by atoms with van der Waals surface area (Å²) in [5.74, 6) is -1.19. The van der Waals surface area contributed by atoms with Gasteiger partial charge < -0.3 is 0 Å². The maximum absolute atomic E-state index is 12.8. The first-order valence-electron chi connectivity index (χ1n) is 8.16. The minimum absolute atomic E-state index is 0.165. The molecule has 1 heterocycles. The highest BCUT2D eigenvalue weighted by Crippen LogP contribution is 2.73. The van der Waals surface area contributed by atoms with E-state index in [1.165, 1.54) is 0 Å². The van der Waals surface area contributed by atoms with Gasteiger partial charge in [-0.2, -0.15) is 5.01 Å². The number of hydrogen-bond donors (Lipinski definition) is 1. The number of imide groups is 1. The molecular weight excluding hydrogens is 372 g/mol. The van der Waals surface area contributed by atoms with Gasteiger partial charge in [0, 0.05) is 10.0 Å². The largest absolute Gasteiger partial charge is 0.272 e. The third-order valence-corrected chi connectivity index (χ3v) is 6.70. The molecule has 3 fully saturated rings. The molecule has 0 unspecified atom stereocenters. The predicted octanol–water partition coefficient (Wildman–Crippen LogP) is 2.29. The molecule has 3 aliphatic carbocycles. The van der Waals surface area contributed by atoms with E-state index in [4.69, 9.17) is 0 Å². The Morgan fingerprint density at radius 2 is 1.58 bits per heavy atom. The predicted molar refractivity (Wildman–Crippen MR) is 88.2 cm³/mol. The zero-order chi connectivity index (χ0) is 16.6. The Kier molecular flexibility index (Phi) is 2.74. The van der Waals surface area contributed by atoms with Crippen LogP contribution in [0.1, 0.15) is 23.2 Å². The number of carbonyl (C=O) groups excluding carboxylic acids is 3. The van der Waals surface area contributed by atoms with Gasteiger partial charge >= 0.3 is 0 Å². The van der Waals surface area contributed by atoms with Crippen LogP contribution in [-0.4, -0.2) is 22.7 Å². The Balaban J connectivity index is 1.39. The first kappa shape index (κ1) is 14.4. The second kappa shape index (κ2) is 4.57. The topological polar surface area (TPSA) is 66.5 Å². The lowest BCUT2D eigenvalue weighted by Crippen LogP contribution is -2.47. The minimum atomic E-state index is -0.439. The van der Waals surface area contributed by atoms with E-state index < -0.39 is 5.91 Å². The average Bonchev–Trinajstić information content (AvgIpc) is 3.18. The number of allylic oxidation sites excluding steroid dienone is 2. The molecule has 1 N–H and O–H groups in total. The van der Waals surface area contributed by atoms with Crippen LogP contribution < -0.4 is 5.43 Å². The highest BCUT2D eigenvalue weighted by atomic mass is 79.9. The monoisotopic (exact) mass is 386 g/mol. The summed E-state index contributed by atoms with van der Waals surface area (Å²) in [6, 6.07) is 6.79. The Bertz CT molecular complexity index is 778. The lowest BCUT2D eigenvalue weighted by atomic mass is 9.85. The quantitative estimate of drug-likeness (QED) is 0.626. The van der Waals surface area contributed by atoms with Crippen molar-refractivity contribution in [2.24, 2.45) is 29.1 Å². The minimum Gasteiger partial charge on any atom is -0.272 e. The molecule has 1 spiro atoms. The van der Waals surface area contributed by atoms with Crippen LogP contribution in [0.3, 0.4) is 0 Å². The van der Waals surface area contributed by atoms with Crippen molar-refractivity contribution >= 4 is 33.7 Å². The van der Waals surface area contributed by atoms with Gasteiger partial charge in [-0.1, -0.05) is 28.1 Å². The van der Waals surface area contributed by atoms with Crippen LogP contribution in [0.5, 0.6) is 0 Å². The van der Waals surface area contributed by atoms with E-state index in [0.29, 0.717) is 5.56 Å². The molecule has 122 valence electrons. The van der Waals surface area contributed by atoms with E-state index in [-0.39, 0.29) is 40.9 Å². The van der Waals surface area contributed by atoms with Crippen LogP contribution in [0, 0.1) is 29.1 Å². The fourth-order valence-corrected chi connectivity index (χ4v) is 5.22. The van der Waals surface area contributed by atoms with Crippen LogP contribution in [-0.2, 0) is 9.59 Å². The van der Waals surface area contributed by atoms with E-state index in [2.05, 4.69) is 33.5 Å². The molecule has 2 saturated carbocycles. The molecule has 6 heteroatoms. The number of fused-ring (bicyclic) bond motifs is 3. The van der Waals surface area contributed by atoms with Crippen molar-refractivity contribution in [3.63, 3.8) is 0 Å². The van der Waals surface area contributed by atoms with Crippen molar-refractivity contribution in [2.45, 2.75) is 12.8 Å². The molecule has 1 aromatic rings. The third-order valence-electron chi connectivity index (χ3n) is 6.17. The molecular formula is C18H15BrN2O3. The molecule has 5 nitrogen and oxygen atoms in total. The number of nitrogens with zero attached hydrogens (tertiary/aromatic N) is 1. The second-order valence-electron chi connectivity index (χ2n) is 7.18. The van der Waals surface area contributed by atoms with Crippen molar-refractivity contribution in [2.75, 3.05) is 0 Å². The lowest BCUT2D eigenvalue weighted by Gasteiger charge is -2.22. The van der Waals surface area contributed by atoms with Gasteiger partial charge in [0.2, 0.25) is 0 Å². The molecule has 5 rings (SSSR count). The van der Waals surface area contributed by atoms with Gasteiger partial charge in [0.25, 0.3) is 17.7 Å². The van der Waals surface area contributed by atoms with Gasteiger partial charge in [0.05, 0.1) is 11.8 Å². The number of halogens is 1. The summed E-state index contributed by atoms with van der Waals surface area (Å²) < 4.78 is 0.860. The molecule has 2 bridgehead atoms. The van der Waals surface area contributed by atoms with Crippen molar-refractivity contribution in [1.29, 1.82) is 0 Å². The van der Waals surface area contributed by atoms with Gasteiger partial charge in [-0.25, -0.2) is 0 Å². The normalized spacial score (nSPS) is 34.1. The molecule has 4 aliphatic rings. The fraction of sp³-hybridized carbons (Fsp3) is 0.389. The maximum atomic E-state index is 12.8. The zero-order valence-electron chi connectivity index (χ0n) is 12.7. The van der Waals surface area contributed by atoms with Gasteiger partial charge in [0.15, 0.2) is 0 Å². The molecule has 1 aliphatic heterocycles. The molecule has 4 atom stereocenters. The van der Waals surface area contributed by atoms with Crippen molar-refractivity contribution < 1.29 is 14.4 Å². The highest BCUT2D eigenvalue weighted by Gasteiger charge is 2.73. The van der Waals surface area contributed by atoms with Crippen LogP contribution in [0.2, 0.25) is 0 Å². The zero-order valence-corrected chi connectivity index (χ0v) is 14.3. The first-order chi connectivity index (χ1) is 11.5. The summed E-state index contributed by atoms with van der Waals surface area (Å²) in [5, 5.41) is 0.960. The Morgan fingerprint density at radius 1 is 1.04 bits per heavy atom. The van der Waals surface area contributed by atoms with E-state index in [9.17, 15) is 14.4 Å². The van der Waals surface area contributed by atoms with Crippen LogP contribution in [0.15, 0.2) is 40.9 Å². The fourth-order valence-electron chi connectivity index (χ4n) is 4.96. The van der Waals surface area contributed by atoms with E-state index in [1.807, 2.05) is 0 Å². The van der Waals surface area contributed by atoms with E-state index in [0.717, 1.165) is 22.3 Å². The van der Waals surface area contributed by atoms with Crippen LogP contribution >= 0.6 is 15.9 Å². The van der Waals surface area contributed by atoms with Crippen LogP contribution in [0.25, 0.3) is 0 Å². The molecule has 24 heavy (non-hydrogen) atoms.